The van der Waals surface area contributed by atoms with E-state index in [2.05, 4.69) is 10.2 Å². The molecule has 3 aromatic rings. The Kier molecular flexibility index (Phi) is 4.37. The van der Waals surface area contributed by atoms with Gasteiger partial charge < -0.3 is 23.0 Å². The molecule has 1 aliphatic rings. The summed E-state index contributed by atoms with van der Waals surface area (Å²) in [5.41, 5.74) is 1.52. The van der Waals surface area contributed by atoms with E-state index in [0.29, 0.717) is 23.1 Å². The Balaban J connectivity index is 1.35. The largest absolute Gasteiger partial charge is 0.466 e. The monoisotopic (exact) mass is 368 g/mol. The van der Waals surface area contributed by atoms with Crippen LogP contribution < -0.4 is 9.47 Å². The van der Waals surface area contributed by atoms with Gasteiger partial charge in [-0.05, 0) is 43.7 Å². The molecule has 0 unspecified atom stereocenters. The molecular weight excluding hydrogens is 352 g/mol. The first-order chi connectivity index (χ1) is 13.1. The summed E-state index contributed by atoms with van der Waals surface area (Å²) in [4.78, 5) is 11.9. The molecule has 0 saturated carbocycles. The third kappa shape index (κ3) is 3.69. The highest BCUT2D eigenvalue weighted by atomic mass is 16.7. The number of esters is 1. The van der Waals surface area contributed by atoms with Crippen molar-refractivity contribution in [2.75, 3.05) is 6.79 Å². The van der Waals surface area contributed by atoms with E-state index in [1.54, 1.807) is 18.2 Å². The molecule has 0 N–H and O–H groups in total. The van der Waals surface area contributed by atoms with Crippen LogP contribution in [0.3, 0.4) is 0 Å². The summed E-state index contributed by atoms with van der Waals surface area (Å²) < 4.78 is 26.6. The van der Waals surface area contributed by atoms with E-state index in [1.807, 2.05) is 26.0 Å². The smallest absolute Gasteiger partial charge is 0.331 e. The summed E-state index contributed by atoms with van der Waals surface area (Å²) in [5, 5.41) is 7.84. The Bertz CT molecular complexity index is 1020. The number of furan rings is 1. The van der Waals surface area contributed by atoms with E-state index in [0.717, 1.165) is 16.9 Å². The number of aryl methyl sites for hydroxylation is 2. The first kappa shape index (κ1) is 16.9. The Hall–Kier alpha value is -3.55. The predicted molar refractivity (Wildman–Crippen MR) is 92.9 cm³/mol. The van der Waals surface area contributed by atoms with Gasteiger partial charge in [-0.1, -0.05) is 6.07 Å². The van der Waals surface area contributed by atoms with Gasteiger partial charge in [0, 0.05) is 6.08 Å². The number of fused-ring (bicyclic) bond motifs is 1. The van der Waals surface area contributed by atoms with Gasteiger partial charge in [0.25, 0.3) is 11.8 Å². The second-order valence-corrected chi connectivity index (χ2v) is 5.88. The van der Waals surface area contributed by atoms with Crippen molar-refractivity contribution in [2.45, 2.75) is 20.5 Å². The Morgan fingerprint density at radius 1 is 1.15 bits per heavy atom. The highest BCUT2D eigenvalue weighted by molar-refractivity contribution is 5.87. The molecule has 0 saturated heterocycles. The maximum absolute atomic E-state index is 11.9. The topological polar surface area (TPSA) is 96.8 Å². The van der Waals surface area contributed by atoms with Crippen LogP contribution in [0.15, 0.2) is 39.2 Å². The molecule has 8 nitrogen and oxygen atoms in total. The molecule has 0 spiro atoms. The molecule has 0 aliphatic carbocycles. The van der Waals surface area contributed by atoms with Crippen molar-refractivity contribution < 1.29 is 27.8 Å². The van der Waals surface area contributed by atoms with Crippen LogP contribution in [-0.4, -0.2) is 23.0 Å². The van der Waals surface area contributed by atoms with Gasteiger partial charge in [-0.15, -0.1) is 10.2 Å². The lowest BCUT2D eigenvalue weighted by molar-refractivity contribution is -0.139. The number of hydrogen-bond donors (Lipinski definition) is 0. The van der Waals surface area contributed by atoms with Crippen LogP contribution in [0, 0.1) is 13.8 Å². The second-order valence-electron chi connectivity index (χ2n) is 5.88. The SMILES string of the molecule is Cc1cc(-c2nnc(COC(=O)/C=C/c3ccc4c(c3)OCO4)o2)c(C)o1. The molecule has 1 aromatic carbocycles. The van der Waals surface area contributed by atoms with E-state index in [-0.39, 0.29) is 19.3 Å². The number of benzene rings is 1. The van der Waals surface area contributed by atoms with Crippen LogP contribution in [0.25, 0.3) is 17.5 Å². The van der Waals surface area contributed by atoms with Gasteiger partial charge in [0.15, 0.2) is 18.1 Å². The van der Waals surface area contributed by atoms with Gasteiger partial charge in [-0.3, -0.25) is 0 Å². The Morgan fingerprint density at radius 3 is 2.81 bits per heavy atom. The minimum atomic E-state index is -0.525. The Morgan fingerprint density at radius 2 is 2.00 bits per heavy atom. The summed E-state index contributed by atoms with van der Waals surface area (Å²) in [6.07, 6.45) is 2.94. The van der Waals surface area contributed by atoms with Crippen molar-refractivity contribution in [2.24, 2.45) is 0 Å². The first-order valence-electron chi connectivity index (χ1n) is 8.23. The molecule has 0 atom stereocenters. The number of nitrogens with zero attached hydrogens (tertiary/aromatic N) is 2. The van der Waals surface area contributed by atoms with Gasteiger partial charge in [-0.2, -0.15) is 0 Å². The van der Waals surface area contributed by atoms with Gasteiger partial charge in [-0.25, -0.2) is 4.79 Å². The summed E-state index contributed by atoms with van der Waals surface area (Å²) in [6, 6.07) is 7.20. The van der Waals surface area contributed by atoms with Gasteiger partial charge >= 0.3 is 5.97 Å². The van der Waals surface area contributed by atoms with Gasteiger partial charge in [0.05, 0.1) is 5.56 Å². The minimum Gasteiger partial charge on any atom is -0.466 e. The van der Waals surface area contributed by atoms with Crippen molar-refractivity contribution in [1.29, 1.82) is 0 Å². The number of carbonyl (C=O) groups is 1. The van der Waals surface area contributed by atoms with Crippen molar-refractivity contribution in [1.82, 2.24) is 10.2 Å². The van der Waals surface area contributed by atoms with Crippen LogP contribution in [-0.2, 0) is 16.1 Å². The van der Waals surface area contributed by atoms with Crippen molar-refractivity contribution in [3.8, 4) is 23.0 Å². The van der Waals surface area contributed by atoms with E-state index < -0.39 is 5.97 Å². The molecule has 0 fully saturated rings. The standard InChI is InChI=1S/C19H16N2O6/c1-11-7-14(12(2)26-11)19-21-20-17(27-19)9-23-18(22)6-4-13-3-5-15-16(8-13)25-10-24-15/h3-8H,9-10H2,1-2H3/b6-4+. The predicted octanol–water partition coefficient (Wildman–Crippen LogP) is 3.43. The highest BCUT2D eigenvalue weighted by Gasteiger charge is 2.15. The zero-order valence-electron chi connectivity index (χ0n) is 14.7. The molecule has 0 bridgehead atoms. The van der Waals surface area contributed by atoms with Crippen LogP contribution in [0.4, 0.5) is 0 Å². The molecule has 2 aromatic heterocycles. The van der Waals surface area contributed by atoms with Crippen molar-refractivity contribution in [3.63, 3.8) is 0 Å². The van der Waals surface area contributed by atoms with E-state index in [4.69, 9.17) is 23.0 Å². The van der Waals surface area contributed by atoms with Crippen molar-refractivity contribution in [3.05, 3.63) is 53.3 Å². The van der Waals surface area contributed by atoms with E-state index in [1.165, 1.54) is 6.08 Å². The second kappa shape index (κ2) is 6.99. The summed E-state index contributed by atoms with van der Waals surface area (Å²) >= 11 is 0. The molecule has 138 valence electrons. The fourth-order valence-electron chi connectivity index (χ4n) is 2.63. The average Bonchev–Trinajstić information content (AvgIpc) is 3.37. The fraction of sp³-hybridized carbons (Fsp3) is 0.211. The van der Waals surface area contributed by atoms with Crippen LogP contribution in [0.2, 0.25) is 0 Å². The molecule has 4 rings (SSSR count). The minimum absolute atomic E-state index is 0.118. The maximum atomic E-state index is 11.9. The summed E-state index contributed by atoms with van der Waals surface area (Å²) in [5.74, 6) is 2.77. The van der Waals surface area contributed by atoms with E-state index in [9.17, 15) is 4.79 Å². The van der Waals surface area contributed by atoms with Crippen LogP contribution in [0.5, 0.6) is 11.5 Å². The number of ether oxygens (including phenoxy) is 3. The molecule has 8 heteroatoms. The third-order valence-corrected chi connectivity index (χ3v) is 3.88. The summed E-state index contributed by atoms with van der Waals surface area (Å²) in [6.45, 7) is 3.73. The quantitative estimate of drug-likeness (QED) is 0.499. The normalized spacial score (nSPS) is 12.7. The zero-order valence-corrected chi connectivity index (χ0v) is 14.7. The molecule has 1 aliphatic heterocycles. The summed E-state index contributed by atoms with van der Waals surface area (Å²) in [7, 11) is 0. The molecule has 27 heavy (non-hydrogen) atoms. The lowest BCUT2D eigenvalue weighted by Gasteiger charge is -1.99. The van der Waals surface area contributed by atoms with Crippen molar-refractivity contribution >= 4 is 12.0 Å². The molecule has 0 radical (unpaired) electrons. The highest BCUT2D eigenvalue weighted by Crippen LogP contribution is 2.32. The van der Waals surface area contributed by atoms with Gasteiger partial charge in [0.1, 0.15) is 11.5 Å². The zero-order chi connectivity index (χ0) is 18.8. The lowest BCUT2D eigenvalue weighted by atomic mass is 10.2. The number of hydrogen-bond acceptors (Lipinski definition) is 8. The number of carbonyl (C=O) groups excluding carboxylic acids is 1. The van der Waals surface area contributed by atoms with Crippen LogP contribution >= 0.6 is 0 Å². The molecule has 3 heterocycles. The van der Waals surface area contributed by atoms with Gasteiger partial charge in [0.2, 0.25) is 6.79 Å². The number of rotatable bonds is 5. The van der Waals surface area contributed by atoms with E-state index >= 15 is 0 Å². The van der Waals surface area contributed by atoms with Crippen LogP contribution in [0.1, 0.15) is 23.0 Å². The number of aromatic nitrogens is 2. The fourth-order valence-corrected chi connectivity index (χ4v) is 2.63. The lowest BCUT2D eigenvalue weighted by Crippen LogP contribution is -2.00. The molecule has 0 amide bonds. The Labute approximate surface area is 154 Å². The maximum Gasteiger partial charge on any atom is 0.331 e. The molecular formula is C19H16N2O6. The average molecular weight is 368 g/mol. The third-order valence-electron chi connectivity index (χ3n) is 3.88. The first-order valence-corrected chi connectivity index (χ1v) is 8.23.